The molecule has 0 bridgehead atoms. The van der Waals surface area contributed by atoms with Crippen molar-refractivity contribution in [3.05, 3.63) is 41.4 Å². The Morgan fingerprint density at radius 3 is 2.80 bits per heavy atom. The van der Waals surface area contributed by atoms with Crippen molar-refractivity contribution in [3.63, 3.8) is 0 Å². The Morgan fingerprint density at radius 1 is 1.40 bits per heavy atom. The Morgan fingerprint density at radius 2 is 2.15 bits per heavy atom. The first-order chi connectivity index (χ1) is 9.55. The fourth-order valence-electron chi connectivity index (χ4n) is 1.83. The van der Waals surface area contributed by atoms with Gasteiger partial charge < -0.3 is 20.8 Å². The van der Waals surface area contributed by atoms with Crippen LogP contribution in [0.1, 0.15) is 5.76 Å². The Labute approximate surface area is 115 Å². The largest absolute Gasteiger partial charge is 0.461 e. The number of hydrogen-bond acceptors (Lipinski definition) is 5. The van der Waals surface area contributed by atoms with Crippen LogP contribution in [0.2, 0.25) is 0 Å². The van der Waals surface area contributed by atoms with Crippen LogP contribution in [0.15, 0.2) is 40.1 Å². The molecule has 6 heteroatoms. The second kappa shape index (κ2) is 5.36. The molecule has 4 N–H and O–H groups in total. The van der Waals surface area contributed by atoms with Gasteiger partial charge in [0.1, 0.15) is 23.2 Å². The highest BCUT2D eigenvalue weighted by Gasteiger charge is 2.12. The van der Waals surface area contributed by atoms with E-state index < -0.39 is 5.91 Å². The quantitative estimate of drug-likeness (QED) is 0.580. The SMILES string of the molecule is CNC(=O)/C(C#N)=C(\N)Nc1ccc2oc(C)cc2c1. The van der Waals surface area contributed by atoms with Crippen LogP contribution in [0.3, 0.4) is 0 Å². The summed E-state index contributed by atoms with van der Waals surface area (Å²) in [5, 5.41) is 15.1. The Hall–Kier alpha value is -2.94. The standard InChI is InChI=1S/C14H14N4O2/c1-8-5-9-6-10(3-4-12(9)20-8)18-13(16)11(7-15)14(19)17-2/h3-6,18H,16H2,1-2H3,(H,17,19)/b13-11+. The first kappa shape index (κ1) is 13.5. The summed E-state index contributed by atoms with van der Waals surface area (Å²) >= 11 is 0. The summed E-state index contributed by atoms with van der Waals surface area (Å²) in [5.41, 5.74) is 7.03. The van der Waals surface area contributed by atoms with Gasteiger partial charge in [-0.25, -0.2) is 0 Å². The van der Waals surface area contributed by atoms with E-state index >= 15 is 0 Å². The molecule has 0 radical (unpaired) electrons. The van der Waals surface area contributed by atoms with Gasteiger partial charge in [-0.1, -0.05) is 0 Å². The zero-order valence-electron chi connectivity index (χ0n) is 11.2. The smallest absolute Gasteiger partial charge is 0.265 e. The highest BCUT2D eigenvalue weighted by atomic mass is 16.3. The van der Waals surface area contributed by atoms with Crippen molar-refractivity contribution in [2.45, 2.75) is 6.92 Å². The summed E-state index contributed by atoms with van der Waals surface area (Å²) in [7, 11) is 1.44. The number of carbonyl (C=O) groups is 1. The monoisotopic (exact) mass is 270 g/mol. The molecule has 0 aliphatic heterocycles. The van der Waals surface area contributed by atoms with Crippen molar-refractivity contribution < 1.29 is 9.21 Å². The van der Waals surface area contributed by atoms with Crippen molar-refractivity contribution >= 4 is 22.6 Å². The zero-order chi connectivity index (χ0) is 14.7. The average Bonchev–Trinajstić information content (AvgIpc) is 2.78. The van der Waals surface area contributed by atoms with Crippen molar-refractivity contribution in [3.8, 4) is 6.07 Å². The number of rotatable bonds is 3. The summed E-state index contributed by atoms with van der Waals surface area (Å²) < 4.78 is 5.46. The topological polar surface area (TPSA) is 104 Å². The Kier molecular flexibility index (Phi) is 3.62. The van der Waals surface area contributed by atoms with Crippen LogP contribution >= 0.6 is 0 Å². The molecule has 0 unspecified atom stereocenters. The predicted octanol–water partition coefficient (Wildman–Crippen LogP) is 1.59. The van der Waals surface area contributed by atoms with Crippen LogP contribution in [0, 0.1) is 18.3 Å². The molecule has 0 saturated heterocycles. The molecule has 0 aliphatic carbocycles. The minimum Gasteiger partial charge on any atom is -0.461 e. The molecule has 1 aromatic carbocycles. The number of nitrogens with two attached hydrogens (primary N) is 1. The summed E-state index contributed by atoms with van der Waals surface area (Å²) in [4.78, 5) is 11.5. The molecule has 2 aromatic rings. The molecule has 6 nitrogen and oxygen atoms in total. The second-order valence-corrected chi connectivity index (χ2v) is 4.21. The van der Waals surface area contributed by atoms with Gasteiger partial charge in [-0.05, 0) is 31.2 Å². The first-order valence-corrected chi connectivity index (χ1v) is 5.94. The maximum atomic E-state index is 11.5. The van der Waals surface area contributed by atoms with E-state index in [4.69, 9.17) is 15.4 Å². The molecule has 1 heterocycles. The molecule has 2 rings (SSSR count). The molecule has 1 amide bonds. The maximum Gasteiger partial charge on any atom is 0.265 e. The third-order valence-electron chi connectivity index (χ3n) is 2.75. The average molecular weight is 270 g/mol. The first-order valence-electron chi connectivity index (χ1n) is 5.94. The van der Waals surface area contributed by atoms with Crippen molar-refractivity contribution in [2.75, 3.05) is 12.4 Å². The normalized spacial score (nSPS) is 11.7. The molecule has 0 fully saturated rings. The van der Waals surface area contributed by atoms with Gasteiger partial charge in [0, 0.05) is 18.1 Å². The van der Waals surface area contributed by atoms with Crippen LogP contribution in [0.4, 0.5) is 5.69 Å². The maximum absolute atomic E-state index is 11.5. The summed E-state index contributed by atoms with van der Waals surface area (Å²) in [5.74, 6) is 0.285. The number of anilines is 1. The fourth-order valence-corrected chi connectivity index (χ4v) is 1.83. The van der Waals surface area contributed by atoms with Crippen molar-refractivity contribution in [1.29, 1.82) is 5.26 Å². The number of fused-ring (bicyclic) bond motifs is 1. The molecule has 20 heavy (non-hydrogen) atoms. The van der Waals surface area contributed by atoms with Crippen LogP contribution < -0.4 is 16.4 Å². The van der Waals surface area contributed by atoms with Gasteiger partial charge >= 0.3 is 0 Å². The third-order valence-corrected chi connectivity index (χ3v) is 2.75. The Bertz CT molecular complexity index is 737. The van der Waals surface area contributed by atoms with E-state index in [1.807, 2.05) is 19.1 Å². The number of nitriles is 1. The zero-order valence-corrected chi connectivity index (χ0v) is 11.2. The lowest BCUT2D eigenvalue weighted by atomic mass is 10.2. The van der Waals surface area contributed by atoms with E-state index in [1.54, 1.807) is 18.2 Å². The lowest BCUT2D eigenvalue weighted by molar-refractivity contribution is -0.116. The number of hydrogen-bond donors (Lipinski definition) is 3. The van der Waals surface area contributed by atoms with E-state index in [1.165, 1.54) is 7.05 Å². The Balaban J connectivity index is 2.33. The number of carbonyl (C=O) groups excluding carboxylic acids is 1. The summed E-state index contributed by atoms with van der Waals surface area (Å²) in [6.45, 7) is 1.86. The molecule has 0 spiro atoms. The van der Waals surface area contributed by atoms with E-state index in [0.29, 0.717) is 5.69 Å². The van der Waals surface area contributed by atoms with E-state index in [2.05, 4.69) is 10.6 Å². The molecule has 0 atom stereocenters. The number of aryl methyl sites for hydroxylation is 1. The summed E-state index contributed by atoms with van der Waals surface area (Å²) in [6.07, 6.45) is 0. The van der Waals surface area contributed by atoms with Crippen LogP contribution in [-0.4, -0.2) is 13.0 Å². The number of nitrogens with one attached hydrogen (secondary N) is 2. The number of nitrogens with zero attached hydrogens (tertiary/aromatic N) is 1. The molecule has 1 aromatic heterocycles. The van der Waals surface area contributed by atoms with Crippen LogP contribution in [0.25, 0.3) is 11.0 Å². The van der Waals surface area contributed by atoms with Gasteiger partial charge in [-0.3, -0.25) is 4.79 Å². The van der Waals surface area contributed by atoms with Gasteiger partial charge in [0.15, 0.2) is 5.57 Å². The van der Waals surface area contributed by atoms with E-state index in [9.17, 15) is 4.79 Å². The molecular formula is C14H14N4O2. The van der Waals surface area contributed by atoms with Crippen molar-refractivity contribution in [1.82, 2.24) is 5.32 Å². The minimum atomic E-state index is -0.530. The van der Waals surface area contributed by atoms with E-state index in [0.717, 1.165) is 16.7 Å². The van der Waals surface area contributed by atoms with Gasteiger partial charge in [0.2, 0.25) is 0 Å². The molecule has 0 saturated carbocycles. The number of amides is 1. The van der Waals surface area contributed by atoms with E-state index in [-0.39, 0.29) is 11.4 Å². The highest BCUT2D eigenvalue weighted by molar-refractivity contribution is 5.98. The van der Waals surface area contributed by atoms with Gasteiger partial charge in [0.05, 0.1) is 0 Å². The van der Waals surface area contributed by atoms with Gasteiger partial charge in [-0.15, -0.1) is 0 Å². The van der Waals surface area contributed by atoms with Crippen molar-refractivity contribution in [2.24, 2.45) is 5.73 Å². The van der Waals surface area contributed by atoms with Gasteiger partial charge in [0.25, 0.3) is 5.91 Å². The highest BCUT2D eigenvalue weighted by Crippen LogP contribution is 2.23. The lowest BCUT2D eigenvalue weighted by Crippen LogP contribution is -2.25. The van der Waals surface area contributed by atoms with Gasteiger partial charge in [-0.2, -0.15) is 5.26 Å². The third kappa shape index (κ3) is 2.57. The van der Waals surface area contributed by atoms with Crippen LogP contribution in [0.5, 0.6) is 0 Å². The number of benzene rings is 1. The molecule has 0 aliphatic rings. The lowest BCUT2D eigenvalue weighted by Gasteiger charge is -2.08. The summed E-state index contributed by atoms with van der Waals surface area (Å²) in [6, 6.07) is 9.06. The minimum absolute atomic E-state index is 0.00594. The number of likely N-dealkylation sites (N-methyl/N-ethyl adjacent to an activating group) is 1. The van der Waals surface area contributed by atoms with Crippen LogP contribution in [-0.2, 0) is 4.79 Å². The predicted molar refractivity (Wildman–Crippen MR) is 75.5 cm³/mol. The fraction of sp³-hybridized carbons (Fsp3) is 0.143. The number of furan rings is 1. The molecular weight excluding hydrogens is 256 g/mol. The second-order valence-electron chi connectivity index (χ2n) is 4.21. The molecule has 102 valence electrons.